The third-order valence-corrected chi connectivity index (χ3v) is 4.91. The Labute approximate surface area is 142 Å². The summed E-state index contributed by atoms with van der Waals surface area (Å²) in [5.74, 6) is 0.790. The number of aromatic nitrogens is 2. The summed E-state index contributed by atoms with van der Waals surface area (Å²) in [6, 6.07) is 1.87. The average Bonchev–Trinajstić information content (AvgIpc) is 2.55. The third kappa shape index (κ3) is 4.09. The number of rotatable bonds is 3. The fourth-order valence-electron chi connectivity index (χ4n) is 3.44. The smallest absolute Gasteiger partial charge is 0.219 e. The van der Waals surface area contributed by atoms with E-state index in [2.05, 4.69) is 14.9 Å². The number of carbonyl (C=O) groups is 1. The number of ether oxygens (including phenoxy) is 1. The molecule has 132 valence electrons. The van der Waals surface area contributed by atoms with Gasteiger partial charge in [-0.1, -0.05) is 0 Å². The third-order valence-electron chi connectivity index (χ3n) is 4.91. The molecule has 0 spiro atoms. The fourth-order valence-corrected chi connectivity index (χ4v) is 3.44. The standard InChI is InChI=1S/C17H26N4O3/c1-13-3-6-18-16(19-13)15-11-20(9-10-24-15)12-17(23)4-7-21(8-5-17)14(2)22/h3,6,15,23H,4-5,7-12H2,1-2H3/t15-/m0/s1. The first kappa shape index (κ1) is 17.3. The number of hydrogen-bond donors (Lipinski definition) is 1. The lowest BCUT2D eigenvalue weighted by Gasteiger charge is -2.42. The molecule has 1 aromatic heterocycles. The van der Waals surface area contributed by atoms with Crippen LogP contribution in [0.4, 0.5) is 0 Å². The normalized spacial score (nSPS) is 24.8. The van der Waals surface area contributed by atoms with Crippen LogP contribution >= 0.6 is 0 Å². The molecule has 1 atom stereocenters. The van der Waals surface area contributed by atoms with E-state index in [-0.39, 0.29) is 12.0 Å². The Morgan fingerprint density at radius 1 is 1.42 bits per heavy atom. The zero-order valence-electron chi connectivity index (χ0n) is 14.4. The number of morpholine rings is 1. The van der Waals surface area contributed by atoms with E-state index < -0.39 is 5.60 Å². The molecule has 2 aliphatic rings. The minimum absolute atomic E-state index is 0.0834. The van der Waals surface area contributed by atoms with Crippen LogP contribution in [0.25, 0.3) is 0 Å². The van der Waals surface area contributed by atoms with Gasteiger partial charge in [-0.25, -0.2) is 9.97 Å². The summed E-state index contributed by atoms with van der Waals surface area (Å²) in [6.45, 7) is 7.46. The zero-order chi connectivity index (χ0) is 17.2. The largest absolute Gasteiger partial charge is 0.388 e. The van der Waals surface area contributed by atoms with E-state index >= 15 is 0 Å². The van der Waals surface area contributed by atoms with Gasteiger partial charge < -0.3 is 14.7 Å². The van der Waals surface area contributed by atoms with Gasteiger partial charge in [0, 0.05) is 51.5 Å². The molecule has 24 heavy (non-hydrogen) atoms. The lowest BCUT2D eigenvalue weighted by molar-refractivity contribution is -0.134. The van der Waals surface area contributed by atoms with Gasteiger partial charge in [0.05, 0.1) is 12.2 Å². The van der Waals surface area contributed by atoms with Gasteiger partial charge >= 0.3 is 0 Å². The van der Waals surface area contributed by atoms with Gasteiger partial charge in [-0.05, 0) is 25.8 Å². The number of piperidine rings is 1. The molecule has 3 heterocycles. The van der Waals surface area contributed by atoms with Gasteiger partial charge in [0.15, 0.2) is 5.82 Å². The van der Waals surface area contributed by atoms with Crippen LogP contribution in [0.2, 0.25) is 0 Å². The van der Waals surface area contributed by atoms with Crippen molar-refractivity contribution in [2.45, 2.75) is 38.4 Å². The van der Waals surface area contributed by atoms with E-state index in [9.17, 15) is 9.90 Å². The van der Waals surface area contributed by atoms with Gasteiger partial charge in [-0.2, -0.15) is 0 Å². The molecule has 0 aromatic carbocycles. The maximum absolute atomic E-state index is 11.4. The number of nitrogens with zero attached hydrogens (tertiary/aromatic N) is 4. The van der Waals surface area contributed by atoms with E-state index in [1.54, 1.807) is 18.0 Å². The molecule has 7 nitrogen and oxygen atoms in total. The number of aliphatic hydroxyl groups is 1. The highest BCUT2D eigenvalue weighted by molar-refractivity contribution is 5.73. The first-order valence-electron chi connectivity index (χ1n) is 8.57. The number of likely N-dealkylation sites (tertiary alicyclic amines) is 1. The number of aryl methyl sites for hydroxylation is 1. The Morgan fingerprint density at radius 3 is 2.83 bits per heavy atom. The van der Waals surface area contributed by atoms with Crippen molar-refractivity contribution in [3.63, 3.8) is 0 Å². The molecule has 1 amide bonds. The fraction of sp³-hybridized carbons (Fsp3) is 0.706. The summed E-state index contributed by atoms with van der Waals surface area (Å²) in [5.41, 5.74) is 0.192. The summed E-state index contributed by atoms with van der Waals surface area (Å²) < 4.78 is 5.82. The van der Waals surface area contributed by atoms with Crippen LogP contribution in [0.3, 0.4) is 0 Å². The Balaban J connectivity index is 1.58. The van der Waals surface area contributed by atoms with Crippen molar-refractivity contribution < 1.29 is 14.6 Å². The quantitative estimate of drug-likeness (QED) is 0.869. The molecule has 0 radical (unpaired) electrons. The Kier molecular flexibility index (Phi) is 5.12. The van der Waals surface area contributed by atoms with Crippen LogP contribution in [0.1, 0.15) is 37.4 Å². The molecule has 0 unspecified atom stereocenters. The second-order valence-corrected chi connectivity index (χ2v) is 6.88. The minimum atomic E-state index is -0.735. The van der Waals surface area contributed by atoms with Crippen LogP contribution in [-0.2, 0) is 9.53 Å². The van der Waals surface area contributed by atoms with Crippen molar-refractivity contribution >= 4 is 5.91 Å². The molecule has 2 aliphatic heterocycles. The van der Waals surface area contributed by atoms with Crippen molar-refractivity contribution in [1.82, 2.24) is 19.8 Å². The van der Waals surface area contributed by atoms with Gasteiger partial charge in [0.2, 0.25) is 5.91 Å². The first-order valence-corrected chi connectivity index (χ1v) is 8.57. The average molecular weight is 334 g/mol. The molecular formula is C17H26N4O3. The highest BCUT2D eigenvalue weighted by Gasteiger charge is 2.36. The molecule has 0 aliphatic carbocycles. The van der Waals surface area contributed by atoms with E-state index in [1.807, 2.05) is 13.0 Å². The molecule has 2 saturated heterocycles. The molecule has 1 N–H and O–H groups in total. The van der Waals surface area contributed by atoms with E-state index in [0.29, 0.717) is 51.5 Å². The van der Waals surface area contributed by atoms with Crippen molar-refractivity contribution in [2.75, 3.05) is 39.3 Å². The second-order valence-electron chi connectivity index (χ2n) is 6.88. The maximum atomic E-state index is 11.4. The molecule has 0 bridgehead atoms. The summed E-state index contributed by atoms with van der Waals surface area (Å²) in [5, 5.41) is 10.9. The van der Waals surface area contributed by atoms with Crippen molar-refractivity contribution in [3.8, 4) is 0 Å². The molecular weight excluding hydrogens is 308 g/mol. The van der Waals surface area contributed by atoms with E-state index in [1.165, 1.54) is 0 Å². The molecule has 2 fully saturated rings. The SMILES string of the molecule is CC(=O)N1CCC(O)(CN2CCO[C@H](c3nccc(C)n3)C2)CC1. The van der Waals surface area contributed by atoms with Crippen LogP contribution in [0.5, 0.6) is 0 Å². The van der Waals surface area contributed by atoms with Crippen LogP contribution in [0.15, 0.2) is 12.3 Å². The van der Waals surface area contributed by atoms with Crippen molar-refractivity contribution in [3.05, 3.63) is 23.8 Å². The topological polar surface area (TPSA) is 78.8 Å². The zero-order valence-corrected chi connectivity index (χ0v) is 14.4. The first-order chi connectivity index (χ1) is 11.5. The Bertz CT molecular complexity index is 587. The number of carbonyl (C=O) groups excluding carboxylic acids is 1. The van der Waals surface area contributed by atoms with Gasteiger partial charge in [0.1, 0.15) is 6.10 Å². The van der Waals surface area contributed by atoms with Crippen LogP contribution in [0, 0.1) is 6.92 Å². The van der Waals surface area contributed by atoms with Crippen molar-refractivity contribution in [2.24, 2.45) is 0 Å². The molecule has 3 rings (SSSR count). The van der Waals surface area contributed by atoms with Crippen LogP contribution < -0.4 is 0 Å². The number of β-amino-alcohol motifs (C(OH)–C–C–N with tert-alkyl or cyclic N) is 1. The summed E-state index contributed by atoms with van der Waals surface area (Å²) >= 11 is 0. The predicted molar refractivity (Wildman–Crippen MR) is 88.3 cm³/mol. The summed E-state index contributed by atoms with van der Waals surface area (Å²) in [6.07, 6.45) is 2.84. The lowest BCUT2D eigenvalue weighted by Crippen LogP contribution is -2.53. The maximum Gasteiger partial charge on any atom is 0.219 e. The molecule has 0 saturated carbocycles. The van der Waals surface area contributed by atoms with E-state index in [4.69, 9.17) is 4.74 Å². The Hall–Kier alpha value is -1.57. The van der Waals surface area contributed by atoms with E-state index in [0.717, 1.165) is 12.2 Å². The predicted octanol–water partition coefficient (Wildman–Crippen LogP) is 0.532. The van der Waals surface area contributed by atoms with Crippen LogP contribution in [-0.4, -0.2) is 75.7 Å². The highest BCUT2D eigenvalue weighted by atomic mass is 16.5. The van der Waals surface area contributed by atoms with Gasteiger partial charge in [-0.15, -0.1) is 0 Å². The lowest BCUT2D eigenvalue weighted by atomic mass is 9.90. The van der Waals surface area contributed by atoms with Crippen molar-refractivity contribution in [1.29, 1.82) is 0 Å². The summed E-state index contributed by atoms with van der Waals surface area (Å²) in [4.78, 5) is 24.2. The second kappa shape index (κ2) is 7.13. The number of hydrogen-bond acceptors (Lipinski definition) is 6. The molecule has 7 heteroatoms. The highest BCUT2D eigenvalue weighted by Crippen LogP contribution is 2.26. The minimum Gasteiger partial charge on any atom is -0.388 e. The number of amides is 1. The Morgan fingerprint density at radius 2 is 2.17 bits per heavy atom. The molecule has 1 aromatic rings. The van der Waals surface area contributed by atoms with Gasteiger partial charge in [0.25, 0.3) is 0 Å². The summed E-state index contributed by atoms with van der Waals surface area (Å²) in [7, 11) is 0. The van der Waals surface area contributed by atoms with Gasteiger partial charge in [-0.3, -0.25) is 9.69 Å². The monoisotopic (exact) mass is 334 g/mol.